The van der Waals surface area contributed by atoms with Crippen molar-refractivity contribution in [2.24, 2.45) is 5.73 Å². The molecule has 0 aromatic carbocycles. The van der Waals surface area contributed by atoms with E-state index in [1.54, 1.807) is 18.9 Å². The van der Waals surface area contributed by atoms with Gasteiger partial charge in [-0.3, -0.25) is 0 Å². The Morgan fingerprint density at radius 1 is 1.47 bits per heavy atom. The molecule has 0 fully saturated rings. The fraction of sp³-hybridized carbons (Fsp3) is 0.545. The minimum Gasteiger partial charge on any atom is -0.481 e. The topological polar surface area (TPSA) is 48.1 Å². The Hall–Kier alpha value is -0.740. The van der Waals surface area contributed by atoms with Crippen LogP contribution in [0.1, 0.15) is 19.5 Å². The zero-order valence-corrected chi connectivity index (χ0v) is 10.3. The van der Waals surface area contributed by atoms with Gasteiger partial charge in [0.25, 0.3) is 0 Å². The number of nitrogens with zero attached hydrogens (tertiary/aromatic N) is 1. The third kappa shape index (κ3) is 5.04. The van der Waals surface area contributed by atoms with Gasteiger partial charge >= 0.3 is 0 Å². The lowest BCUT2D eigenvalue weighted by Crippen LogP contribution is -2.34. The molecule has 0 aliphatic heterocycles. The first-order chi connectivity index (χ1) is 7.01. The summed E-state index contributed by atoms with van der Waals surface area (Å²) in [6.07, 6.45) is 0. The molecular formula is C11H18N2OS. The van der Waals surface area contributed by atoms with Crippen LogP contribution < -0.4 is 10.5 Å². The summed E-state index contributed by atoms with van der Waals surface area (Å²) >= 11 is 1.79. The van der Waals surface area contributed by atoms with E-state index in [1.165, 1.54) is 0 Å². The van der Waals surface area contributed by atoms with Gasteiger partial charge in [-0.1, -0.05) is 6.07 Å². The molecule has 1 aromatic rings. The molecule has 1 heterocycles. The highest BCUT2D eigenvalue weighted by Crippen LogP contribution is 2.16. The fourth-order valence-electron chi connectivity index (χ4n) is 1.07. The van der Waals surface area contributed by atoms with Crippen LogP contribution >= 0.6 is 11.8 Å². The first kappa shape index (κ1) is 12.3. The van der Waals surface area contributed by atoms with E-state index in [0.717, 1.165) is 17.2 Å². The third-order valence-electron chi connectivity index (χ3n) is 1.71. The maximum absolute atomic E-state index is 5.89. The number of methoxy groups -OCH3 is 1. The number of ether oxygens (including phenoxy) is 1. The fourth-order valence-corrected chi connectivity index (χ4v) is 2.07. The summed E-state index contributed by atoms with van der Waals surface area (Å²) in [7, 11) is 1.63. The van der Waals surface area contributed by atoms with Gasteiger partial charge in [-0.25, -0.2) is 4.98 Å². The van der Waals surface area contributed by atoms with Gasteiger partial charge in [0, 0.05) is 23.1 Å². The van der Waals surface area contributed by atoms with Gasteiger partial charge in [0.15, 0.2) is 0 Å². The van der Waals surface area contributed by atoms with Gasteiger partial charge in [0.05, 0.1) is 12.8 Å². The van der Waals surface area contributed by atoms with Crippen LogP contribution in [0.4, 0.5) is 0 Å². The standard InChI is InChI=1S/C11H18N2OS/c1-11(2,12)8-15-7-9-5-4-6-10(13-9)14-3/h4-6H,7-8,12H2,1-3H3. The maximum atomic E-state index is 5.89. The summed E-state index contributed by atoms with van der Waals surface area (Å²) < 4.78 is 5.06. The molecule has 0 saturated heterocycles. The smallest absolute Gasteiger partial charge is 0.213 e. The Morgan fingerprint density at radius 3 is 2.80 bits per heavy atom. The zero-order valence-electron chi connectivity index (χ0n) is 9.49. The van der Waals surface area contributed by atoms with Crippen LogP contribution in [-0.2, 0) is 5.75 Å². The van der Waals surface area contributed by atoms with Crippen LogP contribution in [0.25, 0.3) is 0 Å². The van der Waals surface area contributed by atoms with E-state index in [-0.39, 0.29) is 5.54 Å². The van der Waals surface area contributed by atoms with Crippen molar-refractivity contribution < 1.29 is 4.74 Å². The summed E-state index contributed by atoms with van der Waals surface area (Å²) in [6.45, 7) is 4.05. The Morgan fingerprint density at radius 2 is 2.20 bits per heavy atom. The number of aromatic nitrogens is 1. The Kier molecular flexibility index (Phi) is 4.42. The van der Waals surface area contributed by atoms with Crippen LogP contribution in [0.15, 0.2) is 18.2 Å². The van der Waals surface area contributed by atoms with Crippen molar-refractivity contribution in [3.8, 4) is 5.88 Å². The molecule has 15 heavy (non-hydrogen) atoms. The van der Waals surface area contributed by atoms with E-state index in [9.17, 15) is 0 Å². The molecule has 0 amide bonds. The summed E-state index contributed by atoms with van der Waals surface area (Å²) in [5.41, 5.74) is 6.80. The van der Waals surface area contributed by atoms with Crippen molar-refractivity contribution >= 4 is 11.8 Å². The van der Waals surface area contributed by atoms with Gasteiger partial charge in [0.2, 0.25) is 5.88 Å². The SMILES string of the molecule is COc1cccc(CSCC(C)(C)N)n1. The Bertz CT molecular complexity index is 310. The second-order valence-corrected chi connectivity index (χ2v) is 5.14. The highest BCUT2D eigenvalue weighted by Gasteiger charge is 2.10. The van der Waals surface area contributed by atoms with Gasteiger partial charge in [-0.2, -0.15) is 11.8 Å². The average Bonchev–Trinajstić information content (AvgIpc) is 2.16. The third-order valence-corrected chi connectivity index (χ3v) is 3.16. The zero-order chi connectivity index (χ0) is 11.3. The summed E-state index contributed by atoms with van der Waals surface area (Å²) in [6, 6.07) is 5.80. The normalized spacial score (nSPS) is 11.5. The lowest BCUT2D eigenvalue weighted by molar-refractivity contribution is 0.397. The number of rotatable bonds is 5. The molecule has 4 heteroatoms. The summed E-state index contributed by atoms with van der Waals surface area (Å²) in [5.74, 6) is 2.46. The molecule has 84 valence electrons. The molecule has 0 saturated carbocycles. The molecule has 0 aliphatic carbocycles. The van der Waals surface area contributed by atoms with Crippen LogP contribution in [0.2, 0.25) is 0 Å². The number of hydrogen-bond acceptors (Lipinski definition) is 4. The van der Waals surface area contributed by atoms with E-state index < -0.39 is 0 Å². The largest absolute Gasteiger partial charge is 0.481 e. The van der Waals surface area contributed by atoms with E-state index >= 15 is 0 Å². The number of hydrogen-bond donors (Lipinski definition) is 1. The number of nitrogens with two attached hydrogens (primary N) is 1. The molecule has 2 N–H and O–H groups in total. The molecule has 0 atom stereocenters. The molecule has 3 nitrogen and oxygen atoms in total. The van der Waals surface area contributed by atoms with E-state index in [1.807, 2.05) is 32.0 Å². The quantitative estimate of drug-likeness (QED) is 0.835. The molecule has 0 bridgehead atoms. The lowest BCUT2D eigenvalue weighted by Gasteiger charge is -2.17. The highest BCUT2D eigenvalue weighted by molar-refractivity contribution is 7.98. The second kappa shape index (κ2) is 5.37. The summed E-state index contributed by atoms with van der Waals surface area (Å²) in [5, 5.41) is 0. The van der Waals surface area contributed by atoms with Gasteiger partial charge < -0.3 is 10.5 Å². The van der Waals surface area contributed by atoms with Crippen molar-refractivity contribution in [2.45, 2.75) is 25.1 Å². The summed E-state index contributed by atoms with van der Waals surface area (Å²) in [4.78, 5) is 4.33. The Labute approximate surface area is 95.4 Å². The van der Waals surface area contributed by atoms with E-state index in [2.05, 4.69) is 4.98 Å². The minimum atomic E-state index is -0.121. The average molecular weight is 226 g/mol. The molecular weight excluding hydrogens is 208 g/mol. The maximum Gasteiger partial charge on any atom is 0.213 e. The van der Waals surface area contributed by atoms with Crippen LogP contribution in [-0.4, -0.2) is 23.4 Å². The highest BCUT2D eigenvalue weighted by atomic mass is 32.2. The van der Waals surface area contributed by atoms with Gasteiger partial charge in [-0.15, -0.1) is 0 Å². The molecule has 0 unspecified atom stereocenters. The predicted octanol–water partition coefficient (Wildman–Crippen LogP) is 2.06. The van der Waals surface area contributed by atoms with Crippen molar-refractivity contribution in [3.05, 3.63) is 23.9 Å². The number of pyridine rings is 1. The minimum absolute atomic E-state index is 0.121. The molecule has 0 radical (unpaired) electrons. The van der Waals surface area contributed by atoms with E-state index in [4.69, 9.17) is 10.5 Å². The van der Waals surface area contributed by atoms with Gasteiger partial charge in [-0.05, 0) is 19.9 Å². The molecule has 1 aromatic heterocycles. The second-order valence-electron chi connectivity index (χ2n) is 4.15. The molecule has 0 aliphatic rings. The van der Waals surface area contributed by atoms with Crippen molar-refractivity contribution in [1.29, 1.82) is 0 Å². The van der Waals surface area contributed by atoms with E-state index in [0.29, 0.717) is 5.88 Å². The monoisotopic (exact) mass is 226 g/mol. The van der Waals surface area contributed by atoms with Crippen molar-refractivity contribution in [2.75, 3.05) is 12.9 Å². The predicted molar refractivity (Wildman–Crippen MR) is 65.2 cm³/mol. The first-order valence-corrected chi connectivity index (χ1v) is 6.03. The molecule has 0 spiro atoms. The van der Waals surface area contributed by atoms with Crippen LogP contribution in [0.3, 0.4) is 0 Å². The first-order valence-electron chi connectivity index (χ1n) is 4.88. The van der Waals surface area contributed by atoms with Crippen LogP contribution in [0, 0.1) is 0 Å². The van der Waals surface area contributed by atoms with Gasteiger partial charge in [0.1, 0.15) is 0 Å². The van der Waals surface area contributed by atoms with Crippen molar-refractivity contribution in [1.82, 2.24) is 4.98 Å². The molecule has 1 rings (SSSR count). The van der Waals surface area contributed by atoms with Crippen molar-refractivity contribution in [3.63, 3.8) is 0 Å². The lowest BCUT2D eigenvalue weighted by atomic mass is 10.1. The van der Waals surface area contributed by atoms with Crippen LogP contribution in [0.5, 0.6) is 5.88 Å². The Balaban J connectivity index is 2.44. The number of thioether (sulfide) groups is 1.